The van der Waals surface area contributed by atoms with Crippen molar-refractivity contribution in [3.63, 3.8) is 0 Å². The van der Waals surface area contributed by atoms with Crippen molar-refractivity contribution in [2.45, 2.75) is 77.9 Å². The molecule has 0 amide bonds. The van der Waals surface area contributed by atoms with E-state index in [4.69, 9.17) is 9.47 Å². The van der Waals surface area contributed by atoms with Crippen molar-refractivity contribution < 1.29 is 14.6 Å². The Morgan fingerprint density at radius 2 is 2.04 bits per heavy atom. The Labute approximate surface area is 171 Å². The molecule has 0 spiro atoms. The summed E-state index contributed by atoms with van der Waals surface area (Å²) in [5.41, 5.74) is 2.93. The standard InChI is InChI=1S/C25H38O3/c1-24(2,3)28-23-12-11-22-21(19(14-16-26)13-15-25(22,23)4)10-9-18-7-6-8-20(17-18)27-5/h6-8,14,17,21-23,26H,9-13,15-16H2,1-5H3/t21-,22+,23+,25+/m1/s1. The summed E-state index contributed by atoms with van der Waals surface area (Å²) in [6, 6.07) is 8.42. The smallest absolute Gasteiger partial charge is 0.119 e. The molecule has 3 rings (SSSR count). The van der Waals surface area contributed by atoms with Gasteiger partial charge in [-0.1, -0.05) is 30.7 Å². The van der Waals surface area contributed by atoms with Crippen LogP contribution in [0.3, 0.4) is 0 Å². The first-order chi connectivity index (χ1) is 13.3. The highest BCUT2D eigenvalue weighted by Crippen LogP contribution is 2.58. The van der Waals surface area contributed by atoms with Crippen LogP contribution in [0.25, 0.3) is 0 Å². The van der Waals surface area contributed by atoms with Gasteiger partial charge in [0.1, 0.15) is 5.75 Å². The fraction of sp³-hybridized carbons (Fsp3) is 0.680. The van der Waals surface area contributed by atoms with Crippen LogP contribution >= 0.6 is 0 Å². The van der Waals surface area contributed by atoms with Crippen molar-refractivity contribution in [2.75, 3.05) is 13.7 Å². The molecule has 1 N–H and O–H groups in total. The molecule has 2 aliphatic carbocycles. The van der Waals surface area contributed by atoms with Crippen LogP contribution in [0.4, 0.5) is 0 Å². The van der Waals surface area contributed by atoms with Gasteiger partial charge in [-0.2, -0.15) is 0 Å². The summed E-state index contributed by atoms with van der Waals surface area (Å²) in [7, 11) is 1.72. The fourth-order valence-corrected chi connectivity index (χ4v) is 5.62. The van der Waals surface area contributed by atoms with E-state index in [0.717, 1.165) is 31.4 Å². The average Bonchev–Trinajstić information content (AvgIpc) is 2.96. The number of hydrogen-bond donors (Lipinski definition) is 1. The van der Waals surface area contributed by atoms with Gasteiger partial charge in [-0.15, -0.1) is 0 Å². The minimum atomic E-state index is -0.0974. The van der Waals surface area contributed by atoms with Crippen LogP contribution in [0, 0.1) is 17.3 Å². The molecule has 4 atom stereocenters. The molecule has 2 fully saturated rings. The zero-order valence-corrected chi connectivity index (χ0v) is 18.3. The number of fused-ring (bicyclic) bond motifs is 1. The Hall–Kier alpha value is -1.32. The van der Waals surface area contributed by atoms with E-state index in [1.807, 2.05) is 6.07 Å². The number of ether oxygens (including phenoxy) is 2. The molecule has 0 aliphatic heterocycles. The van der Waals surface area contributed by atoms with Crippen molar-refractivity contribution in [1.82, 2.24) is 0 Å². The number of aliphatic hydroxyl groups is 1. The molecule has 0 bridgehead atoms. The van der Waals surface area contributed by atoms with E-state index < -0.39 is 0 Å². The van der Waals surface area contributed by atoms with E-state index >= 15 is 0 Å². The maximum atomic E-state index is 9.58. The summed E-state index contributed by atoms with van der Waals surface area (Å²) in [6.07, 6.45) is 9.22. The number of benzene rings is 1. The van der Waals surface area contributed by atoms with Gasteiger partial charge in [-0.25, -0.2) is 0 Å². The van der Waals surface area contributed by atoms with E-state index in [9.17, 15) is 5.11 Å². The molecular formula is C25H38O3. The number of aliphatic hydroxyl groups excluding tert-OH is 1. The lowest BCUT2D eigenvalue weighted by Crippen LogP contribution is -2.44. The lowest BCUT2D eigenvalue weighted by molar-refractivity contribution is -0.118. The quantitative estimate of drug-likeness (QED) is 0.651. The summed E-state index contributed by atoms with van der Waals surface area (Å²) in [5, 5.41) is 9.58. The lowest BCUT2D eigenvalue weighted by Gasteiger charge is -2.47. The molecule has 0 heterocycles. The summed E-state index contributed by atoms with van der Waals surface area (Å²) in [6.45, 7) is 9.11. The van der Waals surface area contributed by atoms with Gasteiger partial charge in [0, 0.05) is 0 Å². The largest absolute Gasteiger partial charge is 0.497 e. The second kappa shape index (κ2) is 8.59. The maximum absolute atomic E-state index is 9.58. The molecular weight excluding hydrogens is 348 g/mol. The topological polar surface area (TPSA) is 38.7 Å². The number of rotatable bonds is 6. The first kappa shape index (κ1) is 21.4. The molecule has 1 aromatic carbocycles. The van der Waals surface area contributed by atoms with Crippen LogP contribution in [0.15, 0.2) is 35.9 Å². The molecule has 0 saturated heterocycles. The molecule has 2 aliphatic rings. The van der Waals surface area contributed by atoms with Crippen LogP contribution < -0.4 is 4.74 Å². The van der Waals surface area contributed by atoms with Crippen molar-refractivity contribution in [1.29, 1.82) is 0 Å². The fourth-order valence-electron chi connectivity index (χ4n) is 5.62. The number of aryl methyl sites for hydroxylation is 1. The highest BCUT2D eigenvalue weighted by Gasteiger charge is 2.53. The van der Waals surface area contributed by atoms with Crippen molar-refractivity contribution in [3.05, 3.63) is 41.5 Å². The Morgan fingerprint density at radius 1 is 1.25 bits per heavy atom. The van der Waals surface area contributed by atoms with Crippen LogP contribution in [0.2, 0.25) is 0 Å². The molecule has 156 valence electrons. The Bertz CT molecular complexity index is 687. The minimum absolute atomic E-state index is 0.0974. The Kier molecular flexibility index (Phi) is 6.56. The third kappa shape index (κ3) is 4.63. The third-order valence-corrected chi connectivity index (χ3v) is 6.96. The first-order valence-corrected chi connectivity index (χ1v) is 10.9. The van der Waals surface area contributed by atoms with Crippen molar-refractivity contribution in [2.24, 2.45) is 17.3 Å². The van der Waals surface area contributed by atoms with E-state index in [-0.39, 0.29) is 17.6 Å². The van der Waals surface area contributed by atoms with E-state index in [1.165, 1.54) is 24.0 Å². The van der Waals surface area contributed by atoms with E-state index in [0.29, 0.717) is 17.9 Å². The highest BCUT2D eigenvalue weighted by atomic mass is 16.5. The molecule has 3 heteroatoms. The molecule has 1 aromatic rings. The second-order valence-electron chi connectivity index (χ2n) is 9.87. The van der Waals surface area contributed by atoms with Crippen molar-refractivity contribution >= 4 is 0 Å². The third-order valence-electron chi connectivity index (χ3n) is 6.96. The predicted molar refractivity (Wildman–Crippen MR) is 115 cm³/mol. The van der Waals surface area contributed by atoms with Gasteiger partial charge in [0.15, 0.2) is 0 Å². The molecule has 2 saturated carbocycles. The zero-order valence-electron chi connectivity index (χ0n) is 18.3. The molecule has 0 aromatic heterocycles. The van der Waals surface area contributed by atoms with E-state index in [1.54, 1.807) is 7.11 Å². The van der Waals surface area contributed by atoms with E-state index in [2.05, 4.69) is 52.0 Å². The highest BCUT2D eigenvalue weighted by molar-refractivity contribution is 5.29. The molecule has 0 unspecified atom stereocenters. The van der Waals surface area contributed by atoms with Crippen LogP contribution in [0.5, 0.6) is 5.75 Å². The average molecular weight is 387 g/mol. The summed E-state index contributed by atoms with van der Waals surface area (Å²) in [4.78, 5) is 0. The van der Waals surface area contributed by atoms with Crippen molar-refractivity contribution in [3.8, 4) is 5.75 Å². The second-order valence-corrected chi connectivity index (χ2v) is 9.87. The molecule has 3 nitrogen and oxygen atoms in total. The van der Waals surface area contributed by atoms with Gasteiger partial charge in [0.05, 0.1) is 25.4 Å². The number of allylic oxidation sites excluding steroid dienone is 1. The summed E-state index contributed by atoms with van der Waals surface area (Å²) < 4.78 is 11.9. The molecule has 0 radical (unpaired) electrons. The summed E-state index contributed by atoms with van der Waals surface area (Å²) >= 11 is 0. The van der Waals surface area contributed by atoms with Gasteiger partial charge >= 0.3 is 0 Å². The minimum Gasteiger partial charge on any atom is -0.497 e. The predicted octanol–water partition coefficient (Wildman–Crippen LogP) is 5.56. The Morgan fingerprint density at radius 3 is 2.71 bits per heavy atom. The van der Waals surface area contributed by atoms with Gasteiger partial charge in [0.25, 0.3) is 0 Å². The van der Waals surface area contributed by atoms with Crippen LogP contribution in [0.1, 0.15) is 65.4 Å². The lowest BCUT2D eigenvalue weighted by atomic mass is 9.60. The van der Waals surface area contributed by atoms with Gasteiger partial charge < -0.3 is 14.6 Å². The number of methoxy groups -OCH3 is 1. The van der Waals surface area contributed by atoms with Gasteiger partial charge in [0.2, 0.25) is 0 Å². The zero-order chi connectivity index (χ0) is 20.4. The first-order valence-electron chi connectivity index (χ1n) is 10.9. The normalized spacial score (nSPS) is 31.8. The van der Waals surface area contributed by atoms with Crippen LogP contribution in [-0.2, 0) is 11.2 Å². The number of hydrogen-bond acceptors (Lipinski definition) is 3. The van der Waals surface area contributed by atoms with Gasteiger partial charge in [-0.05, 0) is 94.2 Å². The molecule has 28 heavy (non-hydrogen) atoms. The summed E-state index contributed by atoms with van der Waals surface area (Å²) in [5.74, 6) is 2.10. The Balaban J connectivity index is 1.79. The van der Waals surface area contributed by atoms with Gasteiger partial charge in [-0.3, -0.25) is 0 Å². The SMILES string of the molecule is COc1cccc(CC[C@@H]2C(=CCO)CC[C@]3(C)[C@@H](OC(C)(C)C)CC[C@@H]23)c1. The monoisotopic (exact) mass is 386 g/mol. The maximum Gasteiger partial charge on any atom is 0.119 e. The van der Waals surface area contributed by atoms with Crippen LogP contribution in [-0.4, -0.2) is 30.5 Å².